The van der Waals surface area contributed by atoms with Gasteiger partial charge in [0.1, 0.15) is 13.2 Å². The van der Waals surface area contributed by atoms with Crippen LogP contribution in [0.5, 0.6) is 0 Å². The van der Waals surface area contributed by atoms with E-state index in [1.165, 1.54) is 83.5 Å². The van der Waals surface area contributed by atoms with Crippen LogP contribution in [0.3, 0.4) is 0 Å². The first-order valence-electron chi connectivity index (χ1n) is 24.9. The largest absolute Gasteiger partial charge is 0.545 e. The lowest BCUT2D eigenvalue weighted by molar-refractivity contribution is -0.870. The van der Waals surface area contributed by atoms with Crippen LogP contribution in [0, 0.1) is 0 Å². The minimum atomic E-state index is -1.62. The normalized spacial score (nSPS) is 13.4. The number of allylic oxidation sites excluding steroid dienone is 10. The molecule has 0 amide bonds. The third-order valence-corrected chi connectivity index (χ3v) is 10.5. The van der Waals surface area contributed by atoms with Crippen LogP contribution in [0.4, 0.5) is 0 Å². The first-order chi connectivity index (χ1) is 30.1. The first kappa shape index (κ1) is 59.0. The molecule has 2 unspecified atom stereocenters. The number of quaternary nitrogens is 1. The zero-order valence-corrected chi connectivity index (χ0v) is 40.5. The highest BCUT2D eigenvalue weighted by Crippen LogP contribution is 2.15. The maximum absolute atomic E-state index is 12.8. The molecule has 0 fully saturated rings. The molecule has 0 aliphatic heterocycles. The Morgan fingerprint density at radius 3 is 1.39 bits per heavy atom. The van der Waals surface area contributed by atoms with Crippen molar-refractivity contribution in [2.75, 3.05) is 47.5 Å². The number of unbranched alkanes of at least 4 members (excludes halogenated alkanes) is 20. The smallest absolute Gasteiger partial charge is 0.306 e. The Balaban J connectivity index is 4.28. The molecule has 0 spiro atoms. The second-order valence-corrected chi connectivity index (χ2v) is 17.7. The average Bonchev–Trinajstić information content (AvgIpc) is 3.23. The summed E-state index contributed by atoms with van der Waals surface area (Å²) in [6.45, 7) is 4.59. The fraction of sp³-hybridized carbons (Fsp3) is 0.755. The van der Waals surface area contributed by atoms with E-state index in [9.17, 15) is 19.5 Å². The Labute approximate surface area is 380 Å². The molecular formula is C53H93NO8. The van der Waals surface area contributed by atoms with E-state index >= 15 is 0 Å². The lowest BCUT2D eigenvalue weighted by Crippen LogP contribution is -2.44. The number of hydrogen-bond donors (Lipinski definition) is 0. The highest BCUT2D eigenvalue weighted by molar-refractivity contribution is 5.70. The summed E-state index contributed by atoms with van der Waals surface area (Å²) < 4.78 is 22.6. The van der Waals surface area contributed by atoms with Crippen LogP contribution in [-0.2, 0) is 33.3 Å². The number of rotatable bonds is 45. The van der Waals surface area contributed by atoms with Crippen LogP contribution in [-0.4, -0.2) is 82.3 Å². The quantitative estimate of drug-likeness (QED) is 0.0196. The Morgan fingerprint density at radius 2 is 0.919 bits per heavy atom. The summed E-state index contributed by atoms with van der Waals surface area (Å²) in [4.78, 5) is 37.0. The molecule has 0 rings (SSSR count). The van der Waals surface area contributed by atoms with E-state index in [-0.39, 0.29) is 38.6 Å². The number of nitrogens with zero attached hydrogens (tertiary/aromatic N) is 1. The van der Waals surface area contributed by atoms with Gasteiger partial charge in [-0.25, -0.2) is 0 Å². The highest BCUT2D eigenvalue weighted by atomic mass is 16.7. The molecule has 9 nitrogen and oxygen atoms in total. The minimum Gasteiger partial charge on any atom is -0.545 e. The first-order valence-corrected chi connectivity index (χ1v) is 24.9. The molecule has 0 aromatic carbocycles. The summed E-state index contributed by atoms with van der Waals surface area (Å²) in [5, 5.41) is 11.7. The molecule has 0 radical (unpaired) electrons. The molecule has 0 aromatic heterocycles. The standard InChI is InChI=1S/C53H93NO8/c1-6-8-10-12-14-16-18-20-21-22-23-24-25-26-27-28-29-30-31-32-34-36-38-40-42-44-51(56)62-49(48-61-53(52(57)58)59-46-45-54(3,4)5)47-60-50(55)43-41-39-37-35-33-19-17-15-13-11-9-7-2/h8,10,14-17,20-21,23-24,49,53H,6-7,9,11-13,18-19,22,25-48H2,1-5H3/b10-8-,16-14-,17-15-,21-20-,24-23-. The van der Waals surface area contributed by atoms with Crippen molar-refractivity contribution < 1.29 is 42.9 Å². The van der Waals surface area contributed by atoms with Crippen LogP contribution in [0.25, 0.3) is 0 Å². The van der Waals surface area contributed by atoms with E-state index in [1.807, 2.05) is 21.1 Å². The Kier molecular flexibility index (Phi) is 42.4. The molecule has 62 heavy (non-hydrogen) atoms. The van der Waals surface area contributed by atoms with E-state index in [1.54, 1.807) is 0 Å². The van der Waals surface area contributed by atoms with E-state index in [4.69, 9.17) is 18.9 Å². The predicted molar refractivity (Wildman–Crippen MR) is 255 cm³/mol. The van der Waals surface area contributed by atoms with Crippen molar-refractivity contribution in [3.8, 4) is 0 Å². The topological polar surface area (TPSA) is 111 Å². The van der Waals surface area contributed by atoms with Crippen LogP contribution >= 0.6 is 0 Å². The average molecular weight is 872 g/mol. The lowest BCUT2D eigenvalue weighted by Gasteiger charge is -2.26. The van der Waals surface area contributed by atoms with Crippen molar-refractivity contribution in [2.24, 2.45) is 0 Å². The van der Waals surface area contributed by atoms with Gasteiger partial charge in [-0.2, -0.15) is 0 Å². The van der Waals surface area contributed by atoms with Crippen LogP contribution < -0.4 is 5.11 Å². The summed E-state index contributed by atoms with van der Waals surface area (Å²) in [6, 6.07) is 0. The van der Waals surface area contributed by atoms with Crippen molar-refractivity contribution >= 4 is 17.9 Å². The van der Waals surface area contributed by atoms with Gasteiger partial charge in [-0.1, -0.05) is 171 Å². The maximum Gasteiger partial charge on any atom is 0.306 e. The van der Waals surface area contributed by atoms with Gasteiger partial charge >= 0.3 is 11.9 Å². The maximum atomic E-state index is 12.8. The number of esters is 2. The van der Waals surface area contributed by atoms with E-state index < -0.39 is 24.3 Å². The van der Waals surface area contributed by atoms with Gasteiger partial charge in [0.2, 0.25) is 0 Å². The van der Waals surface area contributed by atoms with Gasteiger partial charge in [-0.3, -0.25) is 9.59 Å². The third kappa shape index (κ3) is 45.0. The third-order valence-electron chi connectivity index (χ3n) is 10.5. The van der Waals surface area contributed by atoms with Gasteiger partial charge in [0, 0.05) is 12.8 Å². The summed E-state index contributed by atoms with van der Waals surface area (Å²) in [6.07, 6.45) is 51.1. The monoisotopic (exact) mass is 872 g/mol. The molecule has 9 heteroatoms. The number of carbonyl (C=O) groups excluding carboxylic acids is 3. The molecule has 2 atom stereocenters. The molecular weight excluding hydrogens is 779 g/mol. The lowest BCUT2D eigenvalue weighted by atomic mass is 10.0. The van der Waals surface area contributed by atoms with Crippen molar-refractivity contribution in [3.05, 3.63) is 60.8 Å². The van der Waals surface area contributed by atoms with E-state index in [2.05, 4.69) is 74.6 Å². The summed E-state index contributed by atoms with van der Waals surface area (Å²) in [7, 11) is 5.91. The molecule has 0 heterocycles. The van der Waals surface area contributed by atoms with Crippen molar-refractivity contribution in [1.82, 2.24) is 0 Å². The van der Waals surface area contributed by atoms with Gasteiger partial charge < -0.3 is 33.3 Å². The van der Waals surface area contributed by atoms with Crippen LogP contribution in [0.1, 0.15) is 200 Å². The second-order valence-electron chi connectivity index (χ2n) is 17.7. The summed E-state index contributed by atoms with van der Waals surface area (Å²) in [5.74, 6) is -2.30. The van der Waals surface area contributed by atoms with Crippen molar-refractivity contribution in [1.29, 1.82) is 0 Å². The highest BCUT2D eigenvalue weighted by Gasteiger charge is 2.21. The fourth-order valence-corrected chi connectivity index (χ4v) is 6.64. The van der Waals surface area contributed by atoms with Gasteiger partial charge in [0.15, 0.2) is 12.4 Å². The number of carboxylic acid groups (broad SMARTS) is 1. The molecule has 0 aliphatic rings. The van der Waals surface area contributed by atoms with Gasteiger partial charge in [-0.05, 0) is 77.0 Å². The Morgan fingerprint density at radius 1 is 0.500 bits per heavy atom. The minimum absolute atomic E-state index is 0.144. The Bertz CT molecular complexity index is 1200. The van der Waals surface area contributed by atoms with E-state index in [0.717, 1.165) is 83.5 Å². The SMILES string of the molecule is CC/C=C\C/C=C\C/C=C\C/C=C\CCCCCCCCCCCCCCC(=O)OC(COC(=O)CCCCCCC/C=C\CCCCC)COC(OCC[N+](C)(C)C)C(=O)[O-]. The predicted octanol–water partition coefficient (Wildman–Crippen LogP) is 12.4. The molecule has 0 aliphatic carbocycles. The van der Waals surface area contributed by atoms with Crippen molar-refractivity contribution in [2.45, 2.75) is 212 Å². The number of aliphatic carboxylic acids is 1. The zero-order valence-electron chi connectivity index (χ0n) is 40.5. The molecule has 0 saturated carbocycles. The second kappa shape index (κ2) is 44.6. The molecule has 0 saturated heterocycles. The van der Waals surface area contributed by atoms with Crippen molar-refractivity contribution in [3.63, 3.8) is 0 Å². The number of ether oxygens (including phenoxy) is 4. The summed E-state index contributed by atoms with van der Waals surface area (Å²) in [5.41, 5.74) is 0. The fourth-order valence-electron chi connectivity index (χ4n) is 6.64. The molecule has 0 aromatic rings. The van der Waals surface area contributed by atoms with E-state index in [0.29, 0.717) is 17.4 Å². The van der Waals surface area contributed by atoms with Gasteiger partial charge in [-0.15, -0.1) is 0 Å². The Hall–Kier alpha value is -3.01. The van der Waals surface area contributed by atoms with Crippen LogP contribution in [0.2, 0.25) is 0 Å². The summed E-state index contributed by atoms with van der Waals surface area (Å²) >= 11 is 0. The van der Waals surface area contributed by atoms with Crippen LogP contribution in [0.15, 0.2) is 60.8 Å². The van der Waals surface area contributed by atoms with Gasteiger partial charge in [0.05, 0.1) is 40.3 Å². The molecule has 0 bridgehead atoms. The number of likely N-dealkylation sites (N-methyl/N-ethyl adjacent to an activating group) is 1. The number of carbonyl (C=O) groups is 3. The van der Waals surface area contributed by atoms with Gasteiger partial charge in [0.25, 0.3) is 0 Å². The number of hydrogen-bond acceptors (Lipinski definition) is 8. The molecule has 358 valence electrons. The zero-order chi connectivity index (χ0) is 45.6. The molecule has 0 N–H and O–H groups in total. The number of carboxylic acids is 1.